The van der Waals surface area contributed by atoms with Gasteiger partial charge in [0.25, 0.3) is 0 Å². The molecule has 0 radical (unpaired) electrons. The fourth-order valence-corrected chi connectivity index (χ4v) is 2.70. The van der Waals surface area contributed by atoms with E-state index in [0.29, 0.717) is 6.54 Å². The molecule has 2 aliphatic heterocycles. The van der Waals surface area contributed by atoms with Crippen LogP contribution in [0.2, 0.25) is 0 Å². The topological polar surface area (TPSA) is 43.9 Å². The van der Waals surface area contributed by atoms with Gasteiger partial charge in [-0.2, -0.15) is 0 Å². The molecule has 0 spiro atoms. The van der Waals surface area contributed by atoms with E-state index in [1.165, 1.54) is 0 Å². The molecule has 2 aliphatic rings. The van der Waals surface area contributed by atoms with Gasteiger partial charge in [-0.25, -0.2) is 0 Å². The smallest absolute Gasteiger partial charge is 0.236 e. The standard InChI is InChI=1S/C13H23N3O2/c1-12(17)15-8-4-5-14(9-10-15)11-13(18)16-6-2-3-7-16/h2-11H2,1H3. The number of nitrogens with zero attached hydrogens (tertiary/aromatic N) is 3. The van der Waals surface area contributed by atoms with Gasteiger partial charge in [-0.15, -0.1) is 0 Å². The summed E-state index contributed by atoms with van der Waals surface area (Å²) in [6.07, 6.45) is 3.25. The number of carbonyl (C=O) groups is 2. The van der Waals surface area contributed by atoms with Crippen LogP contribution in [0.5, 0.6) is 0 Å². The molecule has 2 saturated heterocycles. The third-order valence-electron chi connectivity index (χ3n) is 3.85. The first kappa shape index (κ1) is 13.3. The Hall–Kier alpha value is -1.10. The van der Waals surface area contributed by atoms with E-state index in [9.17, 15) is 9.59 Å². The predicted molar refractivity (Wildman–Crippen MR) is 69.1 cm³/mol. The van der Waals surface area contributed by atoms with Gasteiger partial charge in [0.1, 0.15) is 0 Å². The minimum atomic E-state index is 0.141. The fraction of sp³-hybridized carbons (Fsp3) is 0.846. The molecule has 0 unspecified atom stereocenters. The molecule has 0 N–H and O–H groups in total. The Kier molecular flexibility index (Phi) is 4.58. The van der Waals surface area contributed by atoms with Crippen molar-refractivity contribution in [2.45, 2.75) is 26.2 Å². The lowest BCUT2D eigenvalue weighted by atomic mass is 10.3. The molecule has 102 valence electrons. The van der Waals surface area contributed by atoms with Crippen LogP contribution < -0.4 is 0 Å². The largest absolute Gasteiger partial charge is 0.342 e. The molecule has 0 aromatic rings. The zero-order chi connectivity index (χ0) is 13.0. The van der Waals surface area contributed by atoms with Gasteiger partial charge in [0.05, 0.1) is 6.54 Å². The first-order valence-corrected chi connectivity index (χ1v) is 6.92. The number of hydrogen-bond donors (Lipinski definition) is 0. The van der Waals surface area contributed by atoms with Crippen LogP contribution in [0.15, 0.2) is 0 Å². The Bertz CT molecular complexity index is 313. The van der Waals surface area contributed by atoms with Crippen LogP contribution in [0, 0.1) is 0 Å². The number of likely N-dealkylation sites (tertiary alicyclic amines) is 1. The van der Waals surface area contributed by atoms with E-state index in [4.69, 9.17) is 0 Å². The van der Waals surface area contributed by atoms with Crippen LogP contribution >= 0.6 is 0 Å². The lowest BCUT2D eigenvalue weighted by molar-refractivity contribution is -0.131. The van der Waals surface area contributed by atoms with Gasteiger partial charge >= 0.3 is 0 Å². The number of hydrogen-bond acceptors (Lipinski definition) is 3. The molecule has 18 heavy (non-hydrogen) atoms. The van der Waals surface area contributed by atoms with Crippen molar-refractivity contribution in [3.63, 3.8) is 0 Å². The molecule has 2 rings (SSSR count). The second-order valence-corrected chi connectivity index (χ2v) is 5.22. The minimum Gasteiger partial charge on any atom is -0.342 e. The van der Waals surface area contributed by atoms with Crippen LogP contribution in [0.4, 0.5) is 0 Å². The van der Waals surface area contributed by atoms with Crippen molar-refractivity contribution >= 4 is 11.8 Å². The Morgan fingerprint density at radius 3 is 2.17 bits per heavy atom. The van der Waals surface area contributed by atoms with E-state index in [1.807, 2.05) is 9.80 Å². The van der Waals surface area contributed by atoms with E-state index in [1.54, 1.807) is 6.92 Å². The maximum atomic E-state index is 12.0. The molecule has 5 heteroatoms. The summed E-state index contributed by atoms with van der Waals surface area (Å²) in [5.74, 6) is 0.395. The van der Waals surface area contributed by atoms with Gasteiger partial charge in [0.2, 0.25) is 11.8 Å². The molecule has 0 saturated carbocycles. The summed E-state index contributed by atoms with van der Waals surface area (Å²) < 4.78 is 0. The summed E-state index contributed by atoms with van der Waals surface area (Å²) in [5, 5.41) is 0. The van der Waals surface area contributed by atoms with Gasteiger partial charge < -0.3 is 9.80 Å². The lowest BCUT2D eigenvalue weighted by Gasteiger charge is -2.23. The predicted octanol–water partition coefficient (Wildman–Crippen LogP) is 0.163. The van der Waals surface area contributed by atoms with Gasteiger partial charge in [0, 0.05) is 46.2 Å². The van der Waals surface area contributed by atoms with Crippen molar-refractivity contribution in [2.24, 2.45) is 0 Å². The zero-order valence-corrected chi connectivity index (χ0v) is 11.2. The molecule has 2 amide bonds. The molecule has 0 aliphatic carbocycles. The second-order valence-electron chi connectivity index (χ2n) is 5.22. The van der Waals surface area contributed by atoms with Crippen molar-refractivity contribution in [2.75, 3.05) is 45.8 Å². The van der Waals surface area contributed by atoms with Gasteiger partial charge in [0.15, 0.2) is 0 Å². The SMILES string of the molecule is CC(=O)N1CCCN(CC(=O)N2CCCC2)CC1. The number of rotatable bonds is 2. The average Bonchev–Trinajstić information content (AvgIpc) is 2.77. The van der Waals surface area contributed by atoms with Gasteiger partial charge in [-0.1, -0.05) is 0 Å². The Balaban J connectivity index is 1.79. The van der Waals surface area contributed by atoms with Crippen molar-refractivity contribution < 1.29 is 9.59 Å². The Morgan fingerprint density at radius 2 is 1.50 bits per heavy atom. The van der Waals surface area contributed by atoms with Crippen LogP contribution in [0.1, 0.15) is 26.2 Å². The van der Waals surface area contributed by atoms with Crippen LogP contribution in [0.25, 0.3) is 0 Å². The maximum absolute atomic E-state index is 12.0. The summed E-state index contributed by atoms with van der Waals surface area (Å²) in [4.78, 5) is 29.4. The summed E-state index contributed by atoms with van der Waals surface area (Å²) >= 11 is 0. The highest BCUT2D eigenvalue weighted by Crippen LogP contribution is 2.09. The summed E-state index contributed by atoms with van der Waals surface area (Å²) in [7, 11) is 0. The minimum absolute atomic E-state index is 0.141. The van der Waals surface area contributed by atoms with Crippen LogP contribution in [0.3, 0.4) is 0 Å². The molecule has 0 bridgehead atoms. The zero-order valence-electron chi connectivity index (χ0n) is 11.2. The first-order chi connectivity index (χ1) is 8.66. The highest BCUT2D eigenvalue weighted by Gasteiger charge is 2.22. The summed E-state index contributed by atoms with van der Waals surface area (Å²) in [6.45, 7) is 7.30. The number of amides is 2. The molecule has 0 aromatic heterocycles. The maximum Gasteiger partial charge on any atom is 0.236 e. The van der Waals surface area contributed by atoms with Crippen LogP contribution in [-0.4, -0.2) is 72.3 Å². The third kappa shape index (κ3) is 3.45. The van der Waals surface area contributed by atoms with E-state index in [-0.39, 0.29) is 11.8 Å². The van der Waals surface area contributed by atoms with Crippen LogP contribution in [-0.2, 0) is 9.59 Å². The molecule has 0 aromatic carbocycles. The van der Waals surface area contributed by atoms with E-state index in [0.717, 1.165) is 58.5 Å². The average molecular weight is 253 g/mol. The Morgan fingerprint density at radius 1 is 0.833 bits per heavy atom. The number of carbonyl (C=O) groups excluding carboxylic acids is 2. The molecule has 0 atom stereocenters. The Labute approximate surface area is 109 Å². The molecule has 2 fully saturated rings. The van der Waals surface area contributed by atoms with E-state index < -0.39 is 0 Å². The quantitative estimate of drug-likeness (QED) is 0.704. The fourth-order valence-electron chi connectivity index (χ4n) is 2.70. The van der Waals surface area contributed by atoms with Crippen molar-refractivity contribution in [1.29, 1.82) is 0 Å². The molecular weight excluding hydrogens is 230 g/mol. The van der Waals surface area contributed by atoms with E-state index in [2.05, 4.69) is 4.90 Å². The van der Waals surface area contributed by atoms with Crippen molar-refractivity contribution in [3.8, 4) is 0 Å². The van der Waals surface area contributed by atoms with E-state index >= 15 is 0 Å². The first-order valence-electron chi connectivity index (χ1n) is 6.92. The lowest BCUT2D eigenvalue weighted by Crippen LogP contribution is -2.40. The molecule has 2 heterocycles. The molecule has 5 nitrogen and oxygen atoms in total. The summed E-state index contributed by atoms with van der Waals surface area (Å²) in [5.41, 5.74) is 0. The highest BCUT2D eigenvalue weighted by atomic mass is 16.2. The van der Waals surface area contributed by atoms with Gasteiger partial charge in [-0.3, -0.25) is 14.5 Å². The third-order valence-corrected chi connectivity index (χ3v) is 3.85. The highest BCUT2D eigenvalue weighted by molar-refractivity contribution is 5.78. The monoisotopic (exact) mass is 253 g/mol. The van der Waals surface area contributed by atoms with Gasteiger partial charge in [-0.05, 0) is 19.3 Å². The second kappa shape index (κ2) is 6.18. The van der Waals surface area contributed by atoms with Crippen molar-refractivity contribution in [1.82, 2.24) is 14.7 Å². The molecular formula is C13H23N3O2. The summed E-state index contributed by atoms with van der Waals surface area (Å²) in [6, 6.07) is 0. The van der Waals surface area contributed by atoms with Crippen molar-refractivity contribution in [3.05, 3.63) is 0 Å². The normalized spacial score (nSPS) is 22.1.